The zero-order chi connectivity index (χ0) is 15.7. The summed E-state index contributed by atoms with van der Waals surface area (Å²) in [7, 11) is 0. The van der Waals surface area contributed by atoms with Crippen LogP contribution in [0.1, 0.15) is 46.0 Å². The van der Waals surface area contributed by atoms with E-state index in [1.807, 2.05) is 6.92 Å². The average molecular weight is 332 g/mol. The number of benzene rings is 1. The fourth-order valence-electron chi connectivity index (χ4n) is 2.00. The fourth-order valence-corrected chi connectivity index (χ4v) is 2.46. The van der Waals surface area contributed by atoms with Crippen molar-refractivity contribution in [3.8, 4) is 5.75 Å². The minimum atomic E-state index is -0.135. The van der Waals surface area contributed by atoms with Crippen LogP contribution in [-0.2, 0) is 4.79 Å². The predicted octanol–water partition coefficient (Wildman–Crippen LogP) is 4.85. The normalized spacial score (nSPS) is 12.0. The highest BCUT2D eigenvalue weighted by atomic mass is 35.5. The van der Waals surface area contributed by atoms with Gasteiger partial charge in [0.05, 0.1) is 5.02 Å². The second-order valence-corrected chi connectivity index (χ2v) is 6.02. The van der Waals surface area contributed by atoms with E-state index in [-0.39, 0.29) is 18.6 Å². The molecule has 1 aromatic rings. The number of carbonyl (C=O) groups excluding carboxylic acids is 1. The summed E-state index contributed by atoms with van der Waals surface area (Å²) in [6.45, 7) is 4.16. The number of hydrogen-bond acceptors (Lipinski definition) is 2. The molecule has 5 heteroatoms. The molecule has 1 N–H and O–H groups in total. The molecule has 21 heavy (non-hydrogen) atoms. The van der Waals surface area contributed by atoms with Crippen LogP contribution < -0.4 is 10.1 Å². The maximum atomic E-state index is 11.8. The molecule has 0 heterocycles. The first-order valence-electron chi connectivity index (χ1n) is 7.40. The number of carbonyl (C=O) groups is 1. The van der Waals surface area contributed by atoms with E-state index >= 15 is 0 Å². The summed E-state index contributed by atoms with van der Waals surface area (Å²) < 4.78 is 5.39. The number of nitrogens with one attached hydrogen (secondary N) is 1. The Balaban J connectivity index is 2.27. The molecule has 0 aliphatic carbocycles. The summed E-state index contributed by atoms with van der Waals surface area (Å²) in [5.74, 6) is 0.329. The largest absolute Gasteiger partial charge is 0.482 e. The van der Waals surface area contributed by atoms with E-state index in [0.717, 1.165) is 12.8 Å². The Morgan fingerprint density at radius 2 is 2.05 bits per heavy atom. The molecule has 0 bridgehead atoms. The topological polar surface area (TPSA) is 38.3 Å². The molecule has 0 aliphatic heterocycles. The zero-order valence-corrected chi connectivity index (χ0v) is 14.1. The first-order valence-corrected chi connectivity index (χ1v) is 8.15. The van der Waals surface area contributed by atoms with E-state index in [1.54, 1.807) is 18.2 Å². The van der Waals surface area contributed by atoms with E-state index in [1.165, 1.54) is 19.3 Å². The van der Waals surface area contributed by atoms with Gasteiger partial charge in [0, 0.05) is 11.1 Å². The Bertz CT molecular complexity index is 452. The molecule has 0 fully saturated rings. The van der Waals surface area contributed by atoms with Gasteiger partial charge in [0.1, 0.15) is 5.75 Å². The van der Waals surface area contributed by atoms with Crippen molar-refractivity contribution in [3.63, 3.8) is 0 Å². The van der Waals surface area contributed by atoms with Gasteiger partial charge in [-0.25, -0.2) is 0 Å². The van der Waals surface area contributed by atoms with Gasteiger partial charge in [-0.15, -0.1) is 0 Å². The number of hydrogen-bond donors (Lipinski definition) is 1. The molecular weight excluding hydrogens is 309 g/mol. The van der Waals surface area contributed by atoms with Gasteiger partial charge in [0.15, 0.2) is 6.61 Å². The summed E-state index contributed by atoms with van der Waals surface area (Å²) in [6.07, 6.45) is 5.81. The monoisotopic (exact) mass is 331 g/mol. The first-order chi connectivity index (χ1) is 10.0. The predicted molar refractivity (Wildman–Crippen MR) is 88.3 cm³/mol. The molecule has 0 aliphatic rings. The Hall–Kier alpha value is -0.930. The highest BCUT2D eigenvalue weighted by Crippen LogP contribution is 2.27. The van der Waals surface area contributed by atoms with Crippen molar-refractivity contribution in [1.29, 1.82) is 0 Å². The van der Waals surface area contributed by atoms with Crippen molar-refractivity contribution < 1.29 is 9.53 Å². The van der Waals surface area contributed by atoms with Crippen LogP contribution in [0.2, 0.25) is 10.0 Å². The third kappa shape index (κ3) is 7.58. The first kappa shape index (κ1) is 18.1. The van der Waals surface area contributed by atoms with Crippen LogP contribution in [-0.4, -0.2) is 18.6 Å². The Labute approximate surface area is 137 Å². The molecule has 0 unspecified atom stereocenters. The van der Waals surface area contributed by atoms with E-state index < -0.39 is 0 Å². The summed E-state index contributed by atoms with van der Waals surface area (Å²) in [5, 5.41) is 3.87. The van der Waals surface area contributed by atoms with Crippen molar-refractivity contribution in [2.75, 3.05) is 6.61 Å². The van der Waals surface area contributed by atoms with Crippen LogP contribution in [0.4, 0.5) is 0 Å². The van der Waals surface area contributed by atoms with Crippen molar-refractivity contribution in [2.24, 2.45) is 0 Å². The lowest BCUT2D eigenvalue weighted by atomic mass is 10.1. The maximum absolute atomic E-state index is 11.8. The minimum absolute atomic E-state index is 0.0410. The van der Waals surface area contributed by atoms with Gasteiger partial charge >= 0.3 is 0 Å². The number of unbranched alkanes of at least 4 members (excludes halogenated alkanes) is 3. The van der Waals surface area contributed by atoms with Gasteiger partial charge in [-0.1, -0.05) is 55.8 Å². The molecule has 0 saturated carbocycles. The van der Waals surface area contributed by atoms with Crippen LogP contribution in [0.3, 0.4) is 0 Å². The van der Waals surface area contributed by atoms with E-state index in [4.69, 9.17) is 27.9 Å². The third-order valence-electron chi connectivity index (χ3n) is 3.15. The van der Waals surface area contributed by atoms with Gasteiger partial charge in [-0.2, -0.15) is 0 Å². The molecule has 3 nitrogen and oxygen atoms in total. The fraction of sp³-hybridized carbons (Fsp3) is 0.562. The Morgan fingerprint density at radius 1 is 1.29 bits per heavy atom. The van der Waals surface area contributed by atoms with E-state index in [9.17, 15) is 4.79 Å². The number of amides is 1. The molecular formula is C16H23Cl2NO2. The summed E-state index contributed by atoms with van der Waals surface area (Å²) in [5.41, 5.74) is 0. The van der Waals surface area contributed by atoms with Gasteiger partial charge in [-0.3, -0.25) is 4.79 Å². The van der Waals surface area contributed by atoms with E-state index in [2.05, 4.69) is 12.2 Å². The Kier molecular flexibility index (Phi) is 8.55. The van der Waals surface area contributed by atoms with Crippen molar-refractivity contribution in [2.45, 2.75) is 52.0 Å². The van der Waals surface area contributed by atoms with Crippen molar-refractivity contribution >= 4 is 29.1 Å². The van der Waals surface area contributed by atoms with Gasteiger partial charge in [0.25, 0.3) is 5.91 Å². The third-order valence-corrected chi connectivity index (χ3v) is 3.68. The smallest absolute Gasteiger partial charge is 0.258 e. The molecule has 118 valence electrons. The lowest BCUT2D eigenvalue weighted by Crippen LogP contribution is -2.36. The van der Waals surface area contributed by atoms with Crippen LogP contribution in [0.25, 0.3) is 0 Å². The van der Waals surface area contributed by atoms with Crippen molar-refractivity contribution in [1.82, 2.24) is 5.32 Å². The second-order valence-electron chi connectivity index (χ2n) is 5.18. The molecule has 0 saturated heterocycles. The van der Waals surface area contributed by atoms with Gasteiger partial charge in [0.2, 0.25) is 0 Å². The second kappa shape index (κ2) is 9.91. The number of rotatable bonds is 9. The summed E-state index contributed by atoms with van der Waals surface area (Å²) in [4.78, 5) is 11.8. The van der Waals surface area contributed by atoms with Crippen LogP contribution in [0.5, 0.6) is 5.75 Å². The molecule has 1 atom stereocenters. The van der Waals surface area contributed by atoms with Crippen molar-refractivity contribution in [3.05, 3.63) is 28.2 Å². The molecule has 0 radical (unpaired) electrons. The molecule has 1 rings (SSSR count). The van der Waals surface area contributed by atoms with Crippen LogP contribution in [0.15, 0.2) is 18.2 Å². The Morgan fingerprint density at radius 3 is 2.71 bits per heavy atom. The summed E-state index contributed by atoms with van der Waals surface area (Å²) >= 11 is 11.8. The van der Waals surface area contributed by atoms with Crippen LogP contribution in [0, 0.1) is 0 Å². The highest BCUT2D eigenvalue weighted by molar-refractivity contribution is 6.35. The van der Waals surface area contributed by atoms with Crippen LogP contribution >= 0.6 is 23.2 Å². The van der Waals surface area contributed by atoms with E-state index in [0.29, 0.717) is 15.8 Å². The minimum Gasteiger partial charge on any atom is -0.482 e. The number of ether oxygens (including phenoxy) is 1. The summed E-state index contributed by atoms with van der Waals surface area (Å²) in [6, 6.07) is 5.09. The van der Waals surface area contributed by atoms with Gasteiger partial charge < -0.3 is 10.1 Å². The molecule has 1 amide bonds. The molecule has 1 aromatic carbocycles. The molecule has 0 spiro atoms. The highest BCUT2D eigenvalue weighted by Gasteiger charge is 2.09. The zero-order valence-electron chi connectivity index (χ0n) is 12.6. The van der Waals surface area contributed by atoms with Gasteiger partial charge in [-0.05, 0) is 31.5 Å². The molecule has 0 aromatic heterocycles. The quantitative estimate of drug-likeness (QED) is 0.657. The SMILES string of the molecule is CCCCCC[C@H](C)NC(=O)COc1ccc(Cl)cc1Cl. The lowest BCUT2D eigenvalue weighted by molar-refractivity contribution is -0.123. The maximum Gasteiger partial charge on any atom is 0.258 e. The standard InChI is InChI=1S/C16H23Cl2NO2/c1-3-4-5-6-7-12(2)19-16(20)11-21-15-9-8-13(17)10-14(15)18/h8-10,12H,3-7,11H2,1-2H3,(H,19,20)/t12-/m0/s1. The number of halogens is 2. The average Bonchev–Trinajstić information content (AvgIpc) is 2.42. The lowest BCUT2D eigenvalue weighted by Gasteiger charge is -2.14.